The van der Waals surface area contributed by atoms with Gasteiger partial charge in [0.1, 0.15) is 0 Å². The summed E-state index contributed by atoms with van der Waals surface area (Å²) in [6, 6.07) is 7.69. The number of benzene rings is 1. The van der Waals surface area contributed by atoms with E-state index >= 15 is 0 Å². The van der Waals surface area contributed by atoms with Crippen LogP contribution in [-0.2, 0) is 16.5 Å². The molecule has 0 aliphatic heterocycles. The Hall–Kier alpha value is -1.34. The van der Waals surface area contributed by atoms with E-state index in [1.165, 1.54) is 0 Å². The second-order valence-electron chi connectivity index (χ2n) is 3.50. The third-order valence-electron chi connectivity index (χ3n) is 2.33. The number of carbonyl (C=O) groups excluding carboxylic acids is 1. The van der Waals surface area contributed by atoms with Gasteiger partial charge in [-0.2, -0.15) is 5.26 Å². The standard InChI is InChI=1S/C13H14BrNO2/c1-2-17-13(16)12-6-5-10(4-3-7-15)8-11(12)9-14/h5-6,8H,2-4,9H2,1H3. The van der Waals surface area contributed by atoms with Crippen molar-refractivity contribution in [3.8, 4) is 6.07 Å². The van der Waals surface area contributed by atoms with Crippen LogP contribution in [0.1, 0.15) is 34.8 Å². The van der Waals surface area contributed by atoms with Crippen LogP contribution in [0.15, 0.2) is 18.2 Å². The minimum atomic E-state index is -0.297. The van der Waals surface area contributed by atoms with Gasteiger partial charge in [-0.1, -0.05) is 28.1 Å². The van der Waals surface area contributed by atoms with Crippen LogP contribution in [0, 0.1) is 11.3 Å². The van der Waals surface area contributed by atoms with Gasteiger partial charge in [-0.25, -0.2) is 4.79 Å². The Morgan fingerprint density at radius 3 is 2.88 bits per heavy atom. The third-order valence-corrected chi connectivity index (χ3v) is 2.94. The summed E-state index contributed by atoms with van der Waals surface area (Å²) < 4.78 is 4.98. The number of rotatable bonds is 5. The lowest BCUT2D eigenvalue weighted by Crippen LogP contribution is -2.08. The number of hydrogen-bond acceptors (Lipinski definition) is 3. The van der Waals surface area contributed by atoms with Crippen LogP contribution >= 0.6 is 15.9 Å². The molecular formula is C13H14BrNO2. The lowest BCUT2D eigenvalue weighted by Gasteiger charge is -2.08. The normalized spacial score (nSPS) is 9.71. The largest absolute Gasteiger partial charge is 0.462 e. The van der Waals surface area contributed by atoms with Crippen LogP contribution in [0.3, 0.4) is 0 Å². The van der Waals surface area contributed by atoms with Crippen LogP contribution in [0.4, 0.5) is 0 Å². The first-order chi connectivity index (χ1) is 8.22. The first-order valence-corrected chi connectivity index (χ1v) is 6.57. The van der Waals surface area contributed by atoms with Crippen LogP contribution < -0.4 is 0 Å². The molecule has 1 aromatic rings. The predicted molar refractivity (Wildman–Crippen MR) is 69.0 cm³/mol. The van der Waals surface area contributed by atoms with Gasteiger partial charge in [0.05, 0.1) is 18.2 Å². The SMILES string of the molecule is CCOC(=O)c1ccc(CCC#N)cc1CBr. The van der Waals surface area contributed by atoms with Gasteiger partial charge in [0.25, 0.3) is 0 Å². The van der Waals surface area contributed by atoms with Gasteiger partial charge in [-0.15, -0.1) is 0 Å². The molecule has 90 valence electrons. The Bertz CT molecular complexity index is 438. The molecule has 0 bridgehead atoms. The van der Waals surface area contributed by atoms with Crippen molar-refractivity contribution in [2.45, 2.75) is 25.1 Å². The molecule has 0 saturated heterocycles. The molecule has 0 fully saturated rings. The number of esters is 1. The fourth-order valence-electron chi connectivity index (χ4n) is 1.52. The Labute approximate surface area is 110 Å². The Kier molecular flexibility index (Phi) is 5.71. The zero-order valence-electron chi connectivity index (χ0n) is 9.70. The molecule has 0 radical (unpaired) electrons. The number of nitriles is 1. The second kappa shape index (κ2) is 7.08. The quantitative estimate of drug-likeness (QED) is 0.619. The topological polar surface area (TPSA) is 50.1 Å². The zero-order chi connectivity index (χ0) is 12.7. The van der Waals surface area contributed by atoms with Crippen molar-refractivity contribution in [3.63, 3.8) is 0 Å². The molecular weight excluding hydrogens is 282 g/mol. The molecule has 0 saturated carbocycles. The monoisotopic (exact) mass is 295 g/mol. The molecule has 0 N–H and O–H groups in total. The highest BCUT2D eigenvalue weighted by Crippen LogP contribution is 2.17. The number of alkyl halides is 1. The first kappa shape index (κ1) is 13.7. The van der Waals surface area contributed by atoms with E-state index in [2.05, 4.69) is 22.0 Å². The lowest BCUT2D eigenvalue weighted by atomic mass is 10.0. The van der Waals surface area contributed by atoms with Crippen molar-refractivity contribution in [1.82, 2.24) is 0 Å². The maximum atomic E-state index is 11.7. The summed E-state index contributed by atoms with van der Waals surface area (Å²) in [5, 5.41) is 9.13. The summed E-state index contributed by atoms with van der Waals surface area (Å²) in [4.78, 5) is 11.7. The van der Waals surface area contributed by atoms with Gasteiger partial charge in [0.2, 0.25) is 0 Å². The molecule has 0 aliphatic rings. The van der Waals surface area contributed by atoms with E-state index < -0.39 is 0 Å². The van der Waals surface area contributed by atoms with Gasteiger partial charge in [-0.05, 0) is 30.5 Å². The summed E-state index contributed by atoms with van der Waals surface area (Å²) in [5.41, 5.74) is 2.55. The van der Waals surface area contributed by atoms with Crippen LogP contribution in [-0.4, -0.2) is 12.6 Å². The number of ether oxygens (including phenoxy) is 1. The van der Waals surface area contributed by atoms with E-state index in [1.807, 2.05) is 12.1 Å². The van der Waals surface area contributed by atoms with E-state index in [1.54, 1.807) is 13.0 Å². The molecule has 17 heavy (non-hydrogen) atoms. The van der Waals surface area contributed by atoms with E-state index in [0.717, 1.165) is 11.1 Å². The predicted octanol–water partition coefficient (Wildman–Crippen LogP) is 3.21. The van der Waals surface area contributed by atoms with Crippen LogP contribution in [0.25, 0.3) is 0 Å². The van der Waals surface area contributed by atoms with E-state index in [9.17, 15) is 4.79 Å². The number of nitrogens with zero attached hydrogens (tertiary/aromatic N) is 1. The van der Waals surface area contributed by atoms with Gasteiger partial charge in [-0.3, -0.25) is 0 Å². The van der Waals surface area contributed by atoms with Crippen molar-refractivity contribution in [2.75, 3.05) is 6.61 Å². The number of aryl methyl sites for hydroxylation is 1. The van der Waals surface area contributed by atoms with Gasteiger partial charge in [0.15, 0.2) is 0 Å². The van der Waals surface area contributed by atoms with E-state index in [-0.39, 0.29) is 5.97 Å². The summed E-state index contributed by atoms with van der Waals surface area (Å²) >= 11 is 3.36. The summed E-state index contributed by atoms with van der Waals surface area (Å²) in [6.45, 7) is 2.16. The summed E-state index contributed by atoms with van der Waals surface area (Å²) in [5.74, 6) is -0.297. The minimum absolute atomic E-state index is 0.297. The molecule has 0 heterocycles. The molecule has 0 amide bonds. The highest BCUT2D eigenvalue weighted by Gasteiger charge is 2.12. The van der Waals surface area contributed by atoms with E-state index in [4.69, 9.17) is 10.00 Å². The van der Waals surface area contributed by atoms with Crippen molar-refractivity contribution in [2.24, 2.45) is 0 Å². The average Bonchev–Trinajstić information content (AvgIpc) is 2.36. The lowest BCUT2D eigenvalue weighted by molar-refractivity contribution is 0.0525. The van der Waals surface area contributed by atoms with Gasteiger partial charge < -0.3 is 4.74 Å². The molecule has 1 aromatic carbocycles. The smallest absolute Gasteiger partial charge is 0.338 e. The fraction of sp³-hybridized carbons (Fsp3) is 0.385. The maximum absolute atomic E-state index is 11.7. The van der Waals surface area contributed by atoms with Gasteiger partial charge >= 0.3 is 5.97 Å². The number of hydrogen-bond donors (Lipinski definition) is 0. The molecule has 0 spiro atoms. The first-order valence-electron chi connectivity index (χ1n) is 5.44. The second-order valence-corrected chi connectivity index (χ2v) is 4.06. The van der Waals surface area contributed by atoms with Gasteiger partial charge in [0, 0.05) is 11.8 Å². The summed E-state index contributed by atoms with van der Waals surface area (Å²) in [6.07, 6.45) is 1.19. The molecule has 4 heteroatoms. The molecule has 0 aromatic heterocycles. The van der Waals surface area contributed by atoms with Crippen LogP contribution in [0.2, 0.25) is 0 Å². The average molecular weight is 296 g/mol. The maximum Gasteiger partial charge on any atom is 0.338 e. The molecule has 1 rings (SSSR count). The third kappa shape index (κ3) is 3.86. The fourth-order valence-corrected chi connectivity index (χ4v) is 1.99. The van der Waals surface area contributed by atoms with Crippen molar-refractivity contribution in [1.29, 1.82) is 5.26 Å². The zero-order valence-corrected chi connectivity index (χ0v) is 11.3. The highest BCUT2D eigenvalue weighted by atomic mass is 79.9. The Morgan fingerprint density at radius 1 is 1.53 bits per heavy atom. The minimum Gasteiger partial charge on any atom is -0.462 e. The van der Waals surface area contributed by atoms with Crippen LogP contribution in [0.5, 0.6) is 0 Å². The van der Waals surface area contributed by atoms with Crippen molar-refractivity contribution < 1.29 is 9.53 Å². The Morgan fingerprint density at radius 2 is 2.29 bits per heavy atom. The molecule has 0 aliphatic carbocycles. The number of carbonyl (C=O) groups is 1. The molecule has 0 unspecified atom stereocenters. The van der Waals surface area contributed by atoms with Crippen molar-refractivity contribution >= 4 is 21.9 Å². The van der Waals surface area contributed by atoms with E-state index in [0.29, 0.717) is 30.3 Å². The summed E-state index contributed by atoms with van der Waals surface area (Å²) in [7, 11) is 0. The van der Waals surface area contributed by atoms with Crippen molar-refractivity contribution in [3.05, 3.63) is 34.9 Å². The number of halogens is 1. The molecule has 3 nitrogen and oxygen atoms in total. The molecule has 0 atom stereocenters. The highest BCUT2D eigenvalue weighted by molar-refractivity contribution is 9.08. The Balaban J connectivity index is 2.93.